The van der Waals surface area contributed by atoms with E-state index in [-0.39, 0.29) is 46.3 Å². The Bertz CT molecular complexity index is 2770. The van der Waals surface area contributed by atoms with Gasteiger partial charge in [-0.05, 0) is 44.6 Å². The van der Waals surface area contributed by atoms with Crippen LogP contribution >= 0.6 is 0 Å². The Kier molecular flexibility index (Phi) is 19.5. The third-order valence-corrected chi connectivity index (χ3v) is 10.5. The zero-order chi connectivity index (χ0) is 49.4. The molecule has 0 aromatic carbocycles. The number of aliphatic imine (C=N–C) groups is 2. The van der Waals surface area contributed by atoms with Gasteiger partial charge in [-0.3, -0.25) is 38.4 Å². The Labute approximate surface area is 389 Å². The zero-order valence-electron chi connectivity index (χ0n) is 40.6. The Morgan fingerprint density at radius 1 is 0.761 bits per heavy atom. The Morgan fingerprint density at radius 3 is 2.09 bits per heavy atom. The summed E-state index contributed by atoms with van der Waals surface area (Å²) in [5.41, 5.74) is 1.19. The molecule has 0 spiro atoms. The van der Waals surface area contributed by atoms with Gasteiger partial charge in [0.25, 0.3) is 17.0 Å². The van der Waals surface area contributed by atoms with E-state index >= 15 is 0 Å². The van der Waals surface area contributed by atoms with Crippen LogP contribution in [0.4, 0.5) is 11.6 Å². The van der Waals surface area contributed by atoms with Gasteiger partial charge in [-0.1, -0.05) is 34.6 Å². The van der Waals surface area contributed by atoms with Crippen LogP contribution in [0.5, 0.6) is 0 Å². The molecule has 0 aliphatic carbocycles. The van der Waals surface area contributed by atoms with Gasteiger partial charge in [0.1, 0.15) is 23.8 Å². The van der Waals surface area contributed by atoms with Crippen molar-refractivity contribution in [2.24, 2.45) is 44.1 Å². The quantitative estimate of drug-likeness (QED) is 0.178. The van der Waals surface area contributed by atoms with Crippen molar-refractivity contribution < 1.29 is 4.79 Å². The van der Waals surface area contributed by atoms with Gasteiger partial charge < -0.3 is 39.1 Å². The molecule has 364 valence electrons. The molecule has 23 nitrogen and oxygen atoms in total. The molecule has 1 amide bonds. The first-order chi connectivity index (χ1) is 32.0. The summed E-state index contributed by atoms with van der Waals surface area (Å²) in [5.74, 6) is 2.67. The van der Waals surface area contributed by atoms with Gasteiger partial charge in [0.05, 0.1) is 12.7 Å². The smallest absolute Gasteiger partial charge is 0.349 e. The molecule has 8 heterocycles. The van der Waals surface area contributed by atoms with Gasteiger partial charge >= 0.3 is 17.1 Å². The number of carbonyl (C=O) groups is 1. The van der Waals surface area contributed by atoms with Crippen LogP contribution in [0.3, 0.4) is 0 Å². The van der Waals surface area contributed by atoms with Gasteiger partial charge in [0.2, 0.25) is 5.96 Å². The van der Waals surface area contributed by atoms with Gasteiger partial charge in [0, 0.05) is 105 Å². The molecular weight excluding hydrogens is 863 g/mol. The van der Waals surface area contributed by atoms with E-state index < -0.39 is 0 Å². The maximum absolute atomic E-state index is 12.2. The molecule has 0 saturated carbocycles. The molecule has 5 aromatic heterocycles. The van der Waals surface area contributed by atoms with E-state index in [0.29, 0.717) is 36.3 Å². The highest BCUT2D eigenvalue weighted by atomic mass is 16.2. The molecule has 3 aliphatic heterocycles. The zero-order valence-corrected chi connectivity index (χ0v) is 40.6. The summed E-state index contributed by atoms with van der Waals surface area (Å²) in [5, 5.41) is 9.54. The summed E-state index contributed by atoms with van der Waals surface area (Å²) in [6.07, 6.45) is 13.4. The summed E-state index contributed by atoms with van der Waals surface area (Å²) < 4.78 is 8.67. The minimum atomic E-state index is -0.311. The van der Waals surface area contributed by atoms with Crippen molar-refractivity contribution in [3.05, 3.63) is 101 Å². The van der Waals surface area contributed by atoms with Crippen molar-refractivity contribution in [2.45, 2.75) is 92.5 Å². The first kappa shape index (κ1) is 52.4. The van der Waals surface area contributed by atoms with Gasteiger partial charge in [0.15, 0.2) is 17.5 Å². The number of fused-ring (bicyclic) bond motifs is 3. The lowest BCUT2D eigenvalue weighted by atomic mass is 10.1. The van der Waals surface area contributed by atoms with E-state index in [4.69, 9.17) is 0 Å². The standard InChI is InChI=1S/C10H15N5O.C9H13N5.C9H14N2O2.C8H13N3O.C8H12N2O2/c1-6-3-11-10-13-8-7(12-5-14(8)2)9(16)15(10)4-6;1-3-4-10-8-7-9(12-5-11-8)14(2)6-13-7;1-4-5-11-8(12)7(2)6-10(3)9(11)13;1-3-5-9-7-4-6-11(2)8(12)10-7;1-3-5-10-7(11)4-6-9(2)8(10)12/h5-8H,3-4H2,1-2H3,(H,11,13);5-6H,3-4H2,1-2H3,(H,10,11,12);6H,4-5H2,1-3H3;4,6H,3,5H2,1-2H3,(H,9,10,12);4,6H,3,5H2,1-2H3. The largest absolute Gasteiger partial charge is 0.370 e. The number of nitrogens with zero attached hydrogens (tertiary/aromatic N) is 14. The van der Waals surface area contributed by atoms with Crippen LogP contribution in [-0.2, 0) is 46.1 Å². The molecule has 3 N–H and O–H groups in total. The van der Waals surface area contributed by atoms with E-state index in [1.54, 1.807) is 70.4 Å². The lowest BCUT2D eigenvalue weighted by molar-refractivity contribution is -0.131. The highest BCUT2D eigenvalue weighted by molar-refractivity contribution is 6.04. The van der Waals surface area contributed by atoms with Crippen LogP contribution in [0, 0.1) is 12.8 Å². The summed E-state index contributed by atoms with van der Waals surface area (Å²) in [4.78, 5) is 97.2. The van der Waals surface area contributed by atoms with Gasteiger partial charge in [-0.2, -0.15) is 4.98 Å². The molecule has 3 unspecified atom stereocenters. The highest BCUT2D eigenvalue weighted by Gasteiger charge is 2.45. The minimum Gasteiger partial charge on any atom is -0.370 e. The topological polar surface area (TPSA) is 251 Å². The molecule has 0 bridgehead atoms. The number of imidazole rings is 1. The number of aromatic nitrogens is 10. The second-order valence-corrected chi connectivity index (χ2v) is 16.4. The average Bonchev–Trinajstić information content (AvgIpc) is 3.89. The van der Waals surface area contributed by atoms with Crippen LogP contribution in [-0.4, -0.2) is 121 Å². The van der Waals surface area contributed by atoms with Crippen molar-refractivity contribution in [3.63, 3.8) is 0 Å². The molecule has 1 fully saturated rings. The number of likely N-dealkylation sites (N-methyl/N-ethyl adjacent to an activating group) is 1. The highest BCUT2D eigenvalue weighted by Crippen LogP contribution is 2.21. The van der Waals surface area contributed by atoms with Gasteiger partial charge in [-0.15, -0.1) is 0 Å². The predicted octanol–water partition coefficient (Wildman–Crippen LogP) is 1.10. The van der Waals surface area contributed by atoms with Gasteiger partial charge in [-0.25, -0.2) is 29.3 Å². The minimum absolute atomic E-state index is 0.0593. The SMILES string of the molecule is CC1CN=C2NC3C(N=CN3C)C(=O)N2C1.CCCNc1ccn(C)c(=O)n1.CCCNc1ncnc2c1ncn2C.CCCn1c(=O)c(C)cn(C)c1=O.CCCn1c(=O)ccn(C)c1=O. The first-order valence-corrected chi connectivity index (χ1v) is 22.5. The maximum atomic E-state index is 12.2. The Balaban J connectivity index is 0.000000184. The van der Waals surface area contributed by atoms with Crippen LogP contribution in [0.15, 0.2) is 77.3 Å². The third kappa shape index (κ3) is 13.7. The van der Waals surface area contributed by atoms with Crippen LogP contribution < -0.4 is 44.1 Å². The summed E-state index contributed by atoms with van der Waals surface area (Å²) in [7, 11) is 8.80. The molecule has 23 heteroatoms. The number of hydrogen-bond donors (Lipinski definition) is 3. The molecule has 1 saturated heterocycles. The lowest BCUT2D eigenvalue weighted by Gasteiger charge is -2.40. The monoisotopic (exact) mass is 930 g/mol. The fraction of sp³-hybridized carbons (Fsp3) is 0.545. The third-order valence-electron chi connectivity index (χ3n) is 10.5. The number of anilines is 2. The molecule has 67 heavy (non-hydrogen) atoms. The normalized spacial score (nSPS) is 16.6. The Hall–Kier alpha value is -7.20. The van der Waals surface area contributed by atoms with E-state index in [9.17, 15) is 28.8 Å². The van der Waals surface area contributed by atoms with Crippen LogP contribution in [0.1, 0.15) is 65.9 Å². The summed E-state index contributed by atoms with van der Waals surface area (Å²) in [6.45, 7) is 16.1. The predicted molar refractivity (Wildman–Crippen MR) is 261 cm³/mol. The van der Waals surface area contributed by atoms with Crippen LogP contribution in [0.2, 0.25) is 0 Å². The molecule has 8 rings (SSSR count). The molecule has 3 atom stereocenters. The second kappa shape index (κ2) is 24.9. The fourth-order valence-electron chi connectivity index (χ4n) is 6.82. The van der Waals surface area contributed by atoms with Crippen molar-refractivity contribution in [1.82, 2.24) is 62.5 Å². The number of amides is 1. The van der Waals surface area contributed by atoms with E-state index in [0.717, 1.165) is 68.8 Å². The van der Waals surface area contributed by atoms with E-state index in [1.165, 1.54) is 35.1 Å². The maximum Gasteiger partial charge on any atom is 0.349 e. The average molecular weight is 930 g/mol. The van der Waals surface area contributed by atoms with Crippen molar-refractivity contribution >= 4 is 41.0 Å². The number of nitrogens with one attached hydrogen (secondary N) is 3. The van der Waals surface area contributed by atoms with Crippen molar-refractivity contribution in [2.75, 3.05) is 43.9 Å². The van der Waals surface area contributed by atoms with E-state index in [2.05, 4.69) is 66.6 Å². The molecule has 5 aromatic rings. The lowest BCUT2D eigenvalue weighted by Crippen LogP contribution is -2.66. The van der Waals surface area contributed by atoms with Crippen molar-refractivity contribution in [1.29, 1.82) is 0 Å². The Morgan fingerprint density at radius 2 is 1.42 bits per heavy atom. The molecule has 0 radical (unpaired) electrons. The fourth-order valence-corrected chi connectivity index (χ4v) is 6.82. The number of guanidine groups is 1. The second-order valence-electron chi connectivity index (χ2n) is 16.4. The number of carbonyl (C=O) groups excluding carboxylic acids is 1. The molecular formula is C44H67N17O6. The summed E-state index contributed by atoms with van der Waals surface area (Å²) >= 11 is 0. The van der Waals surface area contributed by atoms with Crippen LogP contribution in [0.25, 0.3) is 11.2 Å². The number of aryl methyl sites for hydroxylation is 5. The van der Waals surface area contributed by atoms with Crippen molar-refractivity contribution in [3.8, 4) is 0 Å². The molecule has 3 aliphatic rings. The first-order valence-electron chi connectivity index (χ1n) is 22.5. The number of rotatable bonds is 10. The van der Waals surface area contributed by atoms with E-state index in [1.807, 2.05) is 37.4 Å². The summed E-state index contributed by atoms with van der Waals surface area (Å²) in [6, 6.07) is 2.88. The number of hydrogen-bond acceptors (Lipinski definition) is 16.